The average molecular weight is 321 g/mol. The predicted octanol–water partition coefficient (Wildman–Crippen LogP) is 0.182. The maximum atomic E-state index is 12.1. The quantitative estimate of drug-likeness (QED) is 0.778. The van der Waals surface area contributed by atoms with Gasteiger partial charge in [0.15, 0.2) is 0 Å². The van der Waals surface area contributed by atoms with Crippen molar-refractivity contribution >= 4 is 17.7 Å². The number of alkyl halides is 3. The number of carbonyl (C=O) groups excluding carboxylic acids is 3. The highest BCUT2D eigenvalue weighted by Crippen LogP contribution is 2.20. The van der Waals surface area contributed by atoms with E-state index in [1.54, 1.807) is 4.90 Å². The van der Waals surface area contributed by atoms with Crippen molar-refractivity contribution in [2.45, 2.75) is 37.9 Å². The van der Waals surface area contributed by atoms with Crippen LogP contribution in [-0.2, 0) is 14.4 Å². The van der Waals surface area contributed by atoms with Crippen molar-refractivity contribution in [1.82, 2.24) is 15.5 Å². The fraction of sp³-hybridized carbons (Fsp3) is 0.769. The second kappa shape index (κ2) is 6.53. The number of piperidine rings is 1. The molecule has 22 heavy (non-hydrogen) atoms. The molecule has 6 nitrogen and oxygen atoms in total. The summed E-state index contributed by atoms with van der Waals surface area (Å²) in [6.45, 7) is -0.705. The molecule has 0 aromatic rings. The van der Waals surface area contributed by atoms with E-state index >= 15 is 0 Å². The van der Waals surface area contributed by atoms with Crippen molar-refractivity contribution in [1.29, 1.82) is 0 Å². The van der Waals surface area contributed by atoms with Crippen LogP contribution in [0.15, 0.2) is 0 Å². The Morgan fingerprint density at radius 1 is 1.23 bits per heavy atom. The van der Waals surface area contributed by atoms with Crippen molar-refractivity contribution in [3.05, 3.63) is 0 Å². The molecule has 0 bridgehead atoms. The van der Waals surface area contributed by atoms with Gasteiger partial charge in [0, 0.05) is 25.4 Å². The van der Waals surface area contributed by atoms with Crippen LogP contribution in [0.2, 0.25) is 0 Å². The van der Waals surface area contributed by atoms with Gasteiger partial charge in [0.1, 0.15) is 12.6 Å². The minimum atomic E-state index is -4.42. The Morgan fingerprint density at radius 2 is 1.86 bits per heavy atom. The highest BCUT2D eigenvalue weighted by molar-refractivity contribution is 5.91. The number of amides is 3. The molecular formula is C13H18F3N3O3. The third-order valence-corrected chi connectivity index (χ3v) is 3.93. The van der Waals surface area contributed by atoms with Crippen LogP contribution < -0.4 is 10.6 Å². The van der Waals surface area contributed by atoms with Crippen LogP contribution >= 0.6 is 0 Å². The van der Waals surface area contributed by atoms with Crippen molar-refractivity contribution in [2.24, 2.45) is 5.92 Å². The third kappa shape index (κ3) is 4.35. The molecule has 9 heteroatoms. The smallest absolute Gasteiger partial charge is 0.347 e. The molecule has 3 amide bonds. The average Bonchev–Trinajstić information content (AvgIpc) is 2.90. The summed E-state index contributed by atoms with van der Waals surface area (Å²) in [5.41, 5.74) is 0. The van der Waals surface area contributed by atoms with Crippen molar-refractivity contribution in [2.75, 3.05) is 19.6 Å². The molecule has 0 aromatic heterocycles. The standard InChI is InChI=1S/C13H18F3N3O3/c14-13(15,16)7-17-11(21)8-3-5-19(6-4-8)12(22)9-1-2-10(20)18-9/h8-9H,1-7H2,(H,17,21)(H,18,20). The van der Waals surface area contributed by atoms with E-state index in [4.69, 9.17) is 0 Å². The summed E-state index contributed by atoms with van der Waals surface area (Å²) in [6.07, 6.45) is -2.98. The van der Waals surface area contributed by atoms with E-state index in [1.807, 2.05) is 5.32 Å². The van der Waals surface area contributed by atoms with E-state index in [-0.39, 0.29) is 11.8 Å². The number of halogens is 3. The largest absolute Gasteiger partial charge is 0.405 e. The normalized spacial score (nSPS) is 23.3. The Balaban J connectivity index is 1.76. The number of nitrogens with one attached hydrogen (secondary N) is 2. The summed E-state index contributed by atoms with van der Waals surface area (Å²) in [6, 6.07) is -0.511. The maximum Gasteiger partial charge on any atom is 0.405 e. The summed E-state index contributed by atoms with van der Waals surface area (Å²) in [5, 5.41) is 4.46. The molecule has 2 heterocycles. The van der Waals surface area contributed by atoms with Gasteiger partial charge in [-0.05, 0) is 19.3 Å². The fourth-order valence-electron chi connectivity index (χ4n) is 2.71. The van der Waals surface area contributed by atoms with Gasteiger partial charge in [-0.25, -0.2) is 0 Å². The Hall–Kier alpha value is -1.80. The molecular weight excluding hydrogens is 303 g/mol. The lowest BCUT2D eigenvalue weighted by molar-refractivity contribution is -0.143. The third-order valence-electron chi connectivity index (χ3n) is 3.93. The molecule has 2 aliphatic heterocycles. The van der Waals surface area contributed by atoms with Crippen LogP contribution in [0.25, 0.3) is 0 Å². The Bertz CT molecular complexity index is 459. The van der Waals surface area contributed by atoms with Gasteiger partial charge < -0.3 is 15.5 Å². The van der Waals surface area contributed by atoms with E-state index in [1.165, 1.54) is 0 Å². The number of rotatable bonds is 3. The molecule has 0 aromatic carbocycles. The number of hydrogen-bond acceptors (Lipinski definition) is 3. The van der Waals surface area contributed by atoms with Crippen molar-refractivity contribution in [3.8, 4) is 0 Å². The van der Waals surface area contributed by atoms with Crippen LogP contribution in [0.3, 0.4) is 0 Å². The SMILES string of the molecule is O=C1CCC(C(=O)N2CCC(C(=O)NCC(F)(F)F)CC2)N1. The van der Waals surface area contributed by atoms with Gasteiger partial charge >= 0.3 is 6.18 Å². The second-order valence-corrected chi connectivity index (χ2v) is 5.59. The van der Waals surface area contributed by atoms with Gasteiger partial charge in [0.05, 0.1) is 0 Å². The lowest BCUT2D eigenvalue weighted by atomic mass is 9.95. The minimum absolute atomic E-state index is 0.153. The molecule has 2 N–H and O–H groups in total. The van der Waals surface area contributed by atoms with Gasteiger partial charge in [-0.15, -0.1) is 0 Å². The van der Waals surface area contributed by atoms with Crippen molar-refractivity contribution < 1.29 is 27.6 Å². The van der Waals surface area contributed by atoms with E-state index in [0.29, 0.717) is 38.8 Å². The molecule has 1 atom stereocenters. The molecule has 2 saturated heterocycles. The van der Waals surface area contributed by atoms with E-state index in [9.17, 15) is 27.6 Å². The van der Waals surface area contributed by atoms with Gasteiger partial charge in [-0.3, -0.25) is 14.4 Å². The molecule has 1 unspecified atom stereocenters. The molecule has 0 spiro atoms. The Morgan fingerprint density at radius 3 is 2.36 bits per heavy atom. The van der Waals surface area contributed by atoms with Crippen LogP contribution in [0.1, 0.15) is 25.7 Å². The van der Waals surface area contributed by atoms with E-state index in [2.05, 4.69) is 5.32 Å². The monoisotopic (exact) mass is 321 g/mol. The Labute approximate surface area is 125 Å². The van der Waals surface area contributed by atoms with E-state index in [0.717, 1.165) is 0 Å². The minimum Gasteiger partial charge on any atom is -0.347 e. The van der Waals surface area contributed by atoms with Crippen LogP contribution in [0.4, 0.5) is 13.2 Å². The maximum absolute atomic E-state index is 12.1. The summed E-state index contributed by atoms with van der Waals surface area (Å²) in [7, 11) is 0. The number of nitrogens with zero attached hydrogens (tertiary/aromatic N) is 1. The van der Waals surface area contributed by atoms with Crippen molar-refractivity contribution in [3.63, 3.8) is 0 Å². The summed E-state index contributed by atoms with van der Waals surface area (Å²) >= 11 is 0. The first-order valence-corrected chi connectivity index (χ1v) is 7.19. The zero-order chi connectivity index (χ0) is 16.3. The van der Waals surface area contributed by atoms with Gasteiger partial charge in [-0.2, -0.15) is 13.2 Å². The lowest BCUT2D eigenvalue weighted by Gasteiger charge is -2.32. The zero-order valence-electron chi connectivity index (χ0n) is 11.9. The molecule has 0 saturated carbocycles. The lowest BCUT2D eigenvalue weighted by Crippen LogP contribution is -2.49. The summed E-state index contributed by atoms with van der Waals surface area (Å²) < 4.78 is 36.2. The van der Waals surface area contributed by atoms with Gasteiger partial charge in [0.2, 0.25) is 17.7 Å². The van der Waals surface area contributed by atoms with Gasteiger partial charge in [0.25, 0.3) is 0 Å². The molecule has 0 aliphatic carbocycles. The molecule has 0 radical (unpaired) electrons. The second-order valence-electron chi connectivity index (χ2n) is 5.59. The summed E-state index contributed by atoms with van der Waals surface area (Å²) in [4.78, 5) is 36.5. The first-order chi connectivity index (χ1) is 10.3. The highest BCUT2D eigenvalue weighted by atomic mass is 19.4. The zero-order valence-corrected chi connectivity index (χ0v) is 11.9. The number of carbonyl (C=O) groups is 3. The topological polar surface area (TPSA) is 78.5 Å². The molecule has 2 fully saturated rings. The van der Waals surface area contributed by atoms with Crippen LogP contribution in [-0.4, -0.2) is 54.5 Å². The van der Waals surface area contributed by atoms with E-state index < -0.39 is 30.6 Å². The highest BCUT2D eigenvalue weighted by Gasteiger charge is 2.35. The first-order valence-electron chi connectivity index (χ1n) is 7.19. The van der Waals surface area contributed by atoms with Crippen LogP contribution in [0.5, 0.6) is 0 Å². The number of likely N-dealkylation sites (tertiary alicyclic amines) is 1. The Kier molecular flexibility index (Phi) is 4.92. The molecule has 2 rings (SSSR count). The number of hydrogen-bond donors (Lipinski definition) is 2. The van der Waals surface area contributed by atoms with Crippen LogP contribution in [0, 0.1) is 5.92 Å². The fourth-order valence-corrected chi connectivity index (χ4v) is 2.71. The summed E-state index contributed by atoms with van der Waals surface area (Å²) in [5.74, 6) is -1.47. The van der Waals surface area contributed by atoms with Gasteiger partial charge in [-0.1, -0.05) is 0 Å². The molecule has 2 aliphatic rings. The predicted molar refractivity (Wildman–Crippen MR) is 69.5 cm³/mol. The molecule has 124 valence electrons. The first kappa shape index (κ1) is 16.6.